The van der Waals surface area contributed by atoms with Gasteiger partial charge in [-0.15, -0.1) is 0 Å². The van der Waals surface area contributed by atoms with E-state index in [2.05, 4.69) is 9.97 Å². The lowest BCUT2D eigenvalue weighted by Crippen LogP contribution is -2.32. The van der Waals surface area contributed by atoms with Gasteiger partial charge in [0, 0.05) is 32.4 Å². The number of rotatable bonds is 4. The smallest absolute Gasteiger partial charge is 0.339 e. The standard InChI is InChI=1S/C18H18F4N4O2/c1-2-28-18(27)11-4-5-12(23-10-11)25-6-3-7-26(9-8-25)15-13(19)16(21)24-17(22)14(15)20/h4-5,10H,2-3,6-9H2,1H3. The van der Waals surface area contributed by atoms with Crippen molar-refractivity contribution in [3.63, 3.8) is 0 Å². The zero-order valence-corrected chi connectivity index (χ0v) is 15.1. The fourth-order valence-electron chi connectivity index (χ4n) is 3.03. The number of hydrogen-bond acceptors (Lipinski definition) is 6. The molecule has 0 aliphatic carbocycles. The Balaban J connectivity index is 1.75. The van der Waals surface area contributed by atoms with Crippen LogP contribution >= 0.6 is 0 Å². The van der Waals surface area contributed by atoms with Gasteiger partial charge in [0.05, 0.1) is 12.2 Å². The number of aromatic nitrogens is 2. The molecule has 3 heterocycles. The first-order valence-electron chi connectivity index (χ1n) is 8.75. The van der Waals surface area contributed by atoms with Crippen LogP contribution in [0.4, 0.5) is 29.1 Å². The molecule has 0 radical (unpaired) electrons. The molecule has 2 aromatic rings. The number of ether oxygens (including phenoxy) is 1. The highest BCUT2D eigenvalue weighted by Crippen LogP contribution is 2.27. The molecular formula is C18H18F4N4O2. The van der Waals surface area contributed by atoms with Crippen LogP contribution in [0.25, 0.3) is 0 Å². The molecule has 0 spiro atoms. The quantitative estimate of drug-likeness (QED) is 0.449. The highest BCUT2D eigenvalue weighted by molar-refractivity contribution is 5.89. The molecule has 10 heteroatoms. The molecule has 150 valence electrons. The zero-order chi connectivity index (χ0) is 20.3. The lowest BCUT2D eigenvalue weighted by Gasteiger charge is -2.24. The van der Waals surface area contributed by atoms with Gasteiger partial charge in [-0.25, -0.2) is 9.78 Å². The molecule has 3 rings (SSSR count). The third-order valence-electron chi connectivity index (χ3n) is 4.37. The molecule has 1 fully saturated rings. The Morgan fingerprint density at radius 2 is 1.68 bits per heavy atom. The fraction of sp³-hybridized carbons (Fsp3) is 0.389. The minimum absolute atomic E-state index is 0.123. The summed E-state index contributed by atoms with van der Waals surface area (Å²) in [5, 5.41) is 0. The van der Waals surface area contributed by atoms with E-state index in [1.807, 2.05) is 4.90 Å². The lowest BCUT2D eigenvalue weighted by atomic mass is 10.2. The van der Waals surface area contributed by atoms with E-state index in [4.69, 9.17) is 4.74 Å². The molecule has 0 unspecified atom stereocenters. The van der Waals surface area contributed by atoms with Crippen molar-refractivity contribution in [3.8, 4) is 0 Å². The van der Waals surface area contributed by atoms with Crippen molar-refractivity contribution in [3.05, 3.63) is 47.4 Å². The number of carbonyl (C=O) groups excluding carboxylic acids is 1. The van der Waals surface area contributed by atoms with Crippen molar-refractivity contribution in [1.82, 2.24) is 9.97 Å². The SMILES string of the molecule is CCOC(=O)c1ccc(N2CCCN(c3c(F)c(F)nc(F)c3F)CC2)nc1. The molecule has 1 aliphatic rings. The summed E-state index contributed by atoms with van der Waals surface area (Å²) in [5.74, 6) is -6.27. The number of pyridine rings is 2. The van der Waals surface area contributed by atoms with Crippen molar-refractivity contribution in [2.24, 2.45) is 0 Å². The predicted octanol–water partition coefficient (Wildman–Crippen LogP) is 2.93. The van der Waals surface area contributed by atoms with Crippen LogP contribution in [0.1, 0.15) is 23.7 Å². The van der Waals surface area contributed by atoms with Crippen LogP contribution < -0.4 is 9.80 Å². The summed E-state index contributed by atoms with van der Waals surface area (Å²) in [6.07, 6.45) is 1.87. The van der Waals surface area contributed by atoms with Crippen LogP contribution in [0.3, 0.4) is 0 Å². The van der Waals surface area contributed by atoms with Gasteiger partial charge in [0.1, 0.15) is 11.5 Å². The maximum Gasteiger partial charge on any atom is 0.339 e. The molecule has 1 aliphatic heterocycles. The molecule has 1 saturated heterocycles. The lowest BCUT2D eigenvalue weighted by molar-refractivity contribution is 0.0526. The molecule has 0 atom stereocenters. The highest BCUT2D eigenvalue weighted by atomic mass is 19.2. The molecular weight excluding hydrogens is 380 g/mol. The molecule has 2 aromatic heterocycles. The Kier molecular flexibility index (Phi) is 5.96. The second-order valence-electron chi connectivity index (χ2n) is 6.12. The topological polar surface area (TPSA) is 58.6 Å². The van der Waals surface area contributed by atoms with E-state index in [1.54, 1.807) is 19.1 Å². The first-order chi connectivity index (χ1) is 13.4. The monoisotopic (exact) mass is 398 g/mol. The van der Waals surface area contributed by atoms with Crippen LogP contribution in [-0.4, -0.2) is 48.7 Å². The second kappa shape index (κ2) is 8.41. The normalized spacial score (nSPS) is 14.8. The van der Waals surface area contributed by atoms with Crippen LogP contribution in [0.2, 0.25) is 0 Å². The molecule has 0 bridgehead atoms. The summed E-state index contributed by atoms with van der Waals surface area (Å²) < 4.78 is 59.7. The van der Waals surface area contributed by atoms with Gasteiger partial charge in [-0.3, -0.25) is 0 Å². The van der Waals surface area contributed by atoms with Gasteiger partial charge in [-0.2, -0.15) is 22.5 Å². The van der Waals surface area contributed by atoms with Gasteiger partial charge in [-0.05, 0) is 25.5 Å². The third kappa shape index (κ3) is 4.00. The summed E-state index contributed by atoms with van der Waals surface area (Å²) >= 11 is 0. The number of anilines is 2. The van der Waals surface area contributed by atoms with Crippen molar-refractivity contribution in [2.75, 3.05) is 42.6 Å². The molecule has 28 heavy (non-hydrogen) atoms. The minimum Gasteiger partial charge on any atom is -0.462 e. The van der Waals surface area contributed by atoms with E-state index in [0.29, 0.717) is 30.9 Å². The van der Waals surface area contributed by atoms with Crippen molar-refractivity contribution >= 4 is 17.5 Å². The average Bonchev–Trinajstić information content (AvgIpc) is 2.93. The number of nitrogens with zero attached hydrogens (tertiary/aromatic N) is 4. The molecule has 0 amide bonds. The Morgan fingerprint density at radius 1 is 1.04 bits per heavy atom. The van der Waals surface area contributed by atoms with Crippen molar-refractivity contribution in [1.29, 1.82) is 0 Å². The third-order valence-corrected chi connectivity index (χ3v) is 4.37. The zero-order valence-electron chi connectivity index (χ0n) is 15.1. The Bertz CT molecular complexity index is 837. The van der Waals surface area contributed by atoms with Gasteiger partial charge >= 0.3 is 5.97 Å². The van der Waals surface area contributed by atoms with Crippen LogP contribution in [-0.2, 0) is 4.74 Å². The van der Waals surface area contributed by atoms with Crippen LogP contribution in [0.15, 0.2) is 18.3 Å². The highest BCUT2D eigenvalue weighted by Gasteiger charge is 2.27. The fourth-order valence-corrected chi connectivity index (χ4v) is 3.03. The summed E-state index contributed by atoms with van der Waals surface area (Å²) in [6, 6.07) is 3.23. The summed E-state index contributed by atoms with van der Waals surface area (Å²) in [5.41, 5.74) is -0.439. The van der Waals surface area contributed by atoms with E-state index in [-0.39, 0.29) is 19.7 Å². The van der Waals surface area contributed by atoms with Gasteiger partial charge in [0.2, 0.25) is 11.6 Å². The number of esters is 1. The maximum absolute atomic E-state index is 14.0. The summed E-state index contributed by atoms with van der Waals surface area (Å²) in [6.45, 7) is 3.12. The van der Waals surface area contributed by atoms with Crippen molar-refractivity contribution in [2.45, 2.75) is 13.3 Å². The first-order valence-corrected chi connectivity index (χ1v) is 8.75. The molecule has 0 aromatic carbocycles. The predicted molar refractivity (Wildman–Crippen MR) is 93.3 cm³/mol. The molecule has 0 N–H and O–H groups in total. The van der Waals surface area contributed by atoms with Crippen molar-refractivity contribution < 1.29 is 27.1 Å². The van der Waals surface area contributed by atoms with E-state index < -0.39 is 35.2 Å². The number of carbonyl (C=O) groups is 1. The summed E-state index contributed by atoms with van der Waals surface area (Å²) in [7, 11) is 0. The van der Waals surface area contributed by atoms with E-state index in [0.717, 1.165) is 0 Å². The average molecular weight is 398 g/mol. The van der Waals surface area contributed by atoms with Crippen LogP contribution in [0.5, 0.6) is 0 Å². The second-order valence-corrected chi connectivity index (χ2v) is 6.12. The number of halogens is 4. The van der Waals surface area contributed by atoms with Crippen LogP contribution in [0, 0.1) is 23.5 Å². The Hall–Kier alpha value is -2.91. The van der Waals surface area contributed by atoms with Gasteiger partial charge in [0.25, 0.3) is 11.9 Å². The largest absolute Gasteiger partial charge is 0.462 e. The Labute approximate surface area is 158 Å². The van der Waals surface area contributed by atoms with E-state index in [1.165, 1.54) is 11.1 Å². The molecule has 6 nitrogen and oxygen atoms in total. The number of hydrogen-bond donors (Lipinski definition) is 0. The Morgan fingerprint density at radius 3 is 2.29 bits per heavy atom. The summed E-state index contributed by atoms with van der Waals surface area (Å²) in [4.78, 5) is 21.6. The maximum atomic E-state index is 14.0. The van der Waals surface area contributed by atoms with Gasteiger partial charge in [0.15, 0.2) is 0 Å². The minimum atomic E-state index is -1.67. The molecule has 0 saturated carbocycles. The van der Waals surface area contributed by atoms with Gasteiger partial charge in [-0.1, -0.05) is 0 Å². The van der Waals surface area contributed by atoms with Gasteiger partial charge < -0.3 is 14.5 Å². The van der Waals surface area contributed by atoms with E-state index >= 15 is 0 Å². The van der Waals surface area contributed by atoms with E-state index in [9.17, 15) is 22.4 Å². The first kappa shape index (κ1) is 19.8.